The van der Waals surface area contributed by atoms with E-state index in [1.807, 2.05) is 7.05 Å². The van der Waals surface area contributed by atoms with E-state index in [0.29, 0.717) is 6.04 Å². The zero-order valence-electron chi connectivity index (χ0n) is 13.5. The molecule has 0 bridgehead atoms. The summed E-state index contributed by atoms with van der Waals surface area (Å²) >= 11 is 0. The van der Waals surface area contributed by atoms with Gasteiger partial charge >= 0.3 is 0 Å². The summed E-state index contributed by atoms with van der Waals surface area (Å²) in [6.45, 7) is 2.87. The molecular weight excluding hydrogens is 278 g/mol. The number of rotatable bonds is 3. The molecule has 1 amide bonds. The van der Waals surface area contributed by atoms with Gasteiger partial charge in [-0.3, -0.25) is 4.79 Å². The highest BCUT2D eigenvalue weighted by atomic mass is 16.2. The molecule has 1 atom stereocenters. The summed E-state index contributed by atoms with van der Waals surface area (Å²) in [5.41, 5.74) is 6.60. The van der Waals surface area contributed by atoms with Gasteiger partial charge in [-0.1, -0.05) is 26.2 Å². The Labute approximate surface area is 131 Å². The molecule has 0 spiro atoms. The van der Waals surface area contributed by atoms with Crippen molar-refractivity contribution in [2.24, 2.45) is 5.92 Å². The molecular formula is C16H25N5O. The summed E-state index contributed by atoms with van der Waals surface area (Å²) in [5.74, 6) is 1.29. The molecule has 2 aliphatic rings. The standard InChI is InChI=1S/C16H25N5O/c1-3-6-11-10-21(12-7-4-5-8-12)14-13(20(2)15(11)22)9-18-16(17)19-14/h9,11-12H,3-8,10H2,1-2H3,(H2,17,18,19)/t11-/m0/s1. The van der Waals surface area contributed by atoms with Crippen LogP contribution in [0.2, 0.25) is 0 Å². The van der Waals surface area contributed by atoms with Crippen molar-refractivity contribution in [1.29, 1.82) is 0 Å². The summed E-state index contributed by atoms with van der Waals surface area (Å²) in [6, 6.07) is 0.465. The van der Waals surface area contributed by atoms with E-state index in [4.69, 9.17) is 5.73 Å². The molecule has 120 valence electrons. The van der Waals surface area contributed by atoms with Gasteiger partial charge < -0.3 is 15.5 Å². The van der Waals surface area contributed by atoms with Gasteiger partial charge in [0, 0.05) is 19.6 Å². The number of fused-ring (bicyclic) bond motifs is 1. The van der Waals surface area contributed by atoms with Gasteiger partial charge in [0.15, 0.2) is 5.82 Å². The summed E-state index contributed by atoms with van der Waals surface area (Å²) in [6.07, 6.45) is 8.43. The minimum absolute atomic E-state index is 0.0195. The molecule has 1 aromatic rings. The SMILES string of the molecule is CCC[C@H]1CN(C2CCCC2)c2nc(N)ncc2N(C)C1=O. The molecule has 6 nitrogen and oxygen atoms in total. The quantitative estimate of drug-likeness (QED) is 0.926. The minimum atomic E-state index is 0.0195. The zero-order valence-corrected chi connectivity index (χ0v) is 13.5. The fourth-order valence-corrected chi connectivity index (χ4v) is 3.72. The van der Waals surface area contributed by atoms with Crippen LogP contribution in [0, 0.1) is 5.92 Å². The van der Waals surface area contributed by atoms with Gasteiger partial charge in [0.2, 0.25) is 11.9 Å². The Morgan fingerprint density at radius 3 is 2.77 bits per heavy atom. The average Bonchev–Trinajstić information content (AvgIpc) is 3.01. The summed E-state index contributed by atoms with van der Waals surface area (Å²) < 4.78 is 0. The third-order valence-corrected chi connectivity index (χ3v) is 4.90. The molecule has 1 aromatic heterocycles. The van der Waals surface area contributed by atoms with E-state index in [0.717, 1.165) is 30.9 Å². The van der Waals surface area contributed by atoms with Crippen LogP contribution in [0.1, 0.15) is 45.4 Å². The topological polar surface area (TPSA) is 75.4 Å². The van der Waals surface area contributed by atoms with E-state index >= 15 is 0 Å². The largest absolute Gasteiger partial charge is 0.368 e. The summed E-state index contributed by atoms with van der Waals surface area (Å²) in [4.78, 5) is 25.4. The molecule has 6 heteroatoms. The van der Waals surface area contributed by atoms with Crippen molar-refractivity contribution in [3.05, 3.63) is 6.20 Å². The number of nitrogens with two attached hydrogens (primary N) is 1. The zero-order chi connectivity index (χ0) is 15.7. The molecule has 22 heavy (non-hydrogen) atoms. The van der Waals surface area contributed by atoms with Crippen LogP contribution < -0.4 is 15.5 Å². The highest BCUT2D eigenvalue weighted by Crippen LogP contribution is 2.37. The van der Waals surface area contributed by atoms with Crippen LogP contribution in [-0.4, -0.2) is 35.5 Å². The second kappa shape index (κ2) is 6.10. The van der Waals surface area contributed by atoms with Gasteiger partial charge in [0.05, 0.1) is 12.1 Å². The van der Waals surface area contributed by atoms with E-state index < -0.39 is 0 Å². The van der Waals surface area contributed by atoms with Gasteiger partial charge in [-0.15, -0.1) is 0 Å². The van der Waals surface area contributed by atoms with E-state index in [1.54, 1.807) is 11.1 Å². The highest BCUT2D eigenvalue weighted by molar-refractivity contribution is 5.98. The fourth-order valence-electron chi connectivity index (χ4n) is 3.72. The highest BCUT2D eigenvalue weighted by Gasteiger charge is 2.36. The number of hydrogen-bond donors (Lipinski definition) is 1. The monoisotopic (exact) mass is 303 g/mol. The lowest BCUT2D eigenvalue weighted by atomic mass is 10.0. The van der Waals surface area contributed by atoms with Crippen molar-refractivity contribution in [3.63, 3.8) is 0 Å². The first kappa shape index (κ1) is 15.1. The van der Waals surface area contributed by atoms with Crippen LogP contribution in [-0.2, 0) is 4.79 Å². The molecule has 1 aliphatic carbocycles. The smallest absolute Gasteiger partial charge is 0.231 e. The second-order valence-corrected chi connectivity index (χ2v) is 6.41. The van der Waals surface area contributed by atoms with Gasteiger partial charge in [0.25, 0.3) is 0 Å². The van der Waals surface area contributed by atoms with Crippen LogP contribution in [0.5, 0.6) is 0 Å². The normalized spacial score (nSPS) is 22.8. The van der Waals surface area contributed by atoms with Gasteiger partial charge in [-0.05, 0) is 19.3 Å². The molecule has 0 saturated heterocycles. The maximum absolute atomic E-state index is 12.8. The Kier molecular flexibility index (Phi) is 4.18. The fraction of sp³-hybridized carbons (Fsp3) is 0.688. The van der Waals surface area contributed by atoms with Crippen LogP contribution in [0.3, 0.4) is 0 Å². The third kappa shape index (κ3) is 2.62. The van der Waals surface area contributed by atoms with Crippen molar-refractivity contribution in [2.45, 2.75) is 51.5 Å². The van der Waals surface area contributed by atoms with Crippen molar-refractivity contribution >= 4 is 23.4 Å². The van der Waals surface area contributed by atoms with E-state index in [1.165, 1.54) is 25.7 Å². The number of nitrogen functional groups attached to an aromatic ring is 1. The van der Waals surface area contributed by atoms with Gasteiger partial charge in [-0.25, -0.2) is 4.98 Å². The summed E-state index contributed by atoms with van der Waals surface area (Å²) in [7, 11) is 1.82. The number of amides is 1. The molecule has 1 aliphatic heterocycles. The van der Waals surface area contributed by atoms with Crippen molar-refractivity contribution in [2.75, 3.05) is 29.1 Å². The summed E-state index contributed by atoms with van der Waals surface area (Å²) in [5, 5.41) is 0. The van der Waals surface area contributed by atoms with Crippen LogP contribution >= 0.6 is 0 Å². The predicted octanol–water partition coefficient (Wildman–Crippen LogP) is 2.20. The Hall–Kier alpha value is -1.85. The molecule has 0 radical (unpaired) electrons. The predicted molar refractivity (Wildman–Crippen MR) is 87.9 cm³/mol. The van der Waals surface area contributed by atoms with E-state index in [9.17, 15) is 4.79 Å². The second-order valence-electron chi connectivity index (χ2n) is 6.41. The molecule has 2 N–H and O–H groups in total. The third-order valence-electron chi connectivity index (χ3n) is 4.90. The lowest BCUT2D eigenvalue weighted by molar-refractivity contribution is -0.121. The number of hydrogen-bond acceptors (Lipinski definition) is 5. The van der Waals surface area contributed by atoms with Crippen LogP contribution in [0.25, 0.3) is 0 Å². The van der Waals surface area contributed by atoms with E-state index in [2.05, 4.69) is 21.8 Å². The van der Waals surface area contributed by atoms with Crippen molar-refractivity contribution < 1.29 is 4.79 Å². The Balaban J connectivity index is 2.04. The molecule has 0 aromatic carbocycles. The maximum atomic E-state index is 12.8. The molecule has 1 fully saturated rings. The molecule has 0 unspecified atom stereocenters. The van der Waals surface area contributed by atoms with Gasteiger partial charge in [-0.2, -0.15) is 4.98 Å². The Morgan fingerprint density at radius 1 is 1.36 bits per heavy atom. The first-order valence-electron chi connectivity index (χ1n) is 8.28. The Morgan fingerprint density at radius 2 is 2.09 bits per heavy atom. The molecule has 3 rings (SSSR count). The molecule has 2 heterocycles. The minimum Gasteiger partial charge on any atom is -0.368 e. The number of nitrogens with zero attached hydrogens (tertiary/aromatic N) is 4. The molecule has 1 saturated carbocycles. The lowest BCUT2D eigenvalue weighted by Gasteiger charge is -2.31. The van der Waals surface area contributed by atoms with Crippen molar-refractivity contribution in [3.8, 4) is 0 Å². The number of carbonyl (C=O) groups excluding carboxylic acids is 1. The average molecular weight is 303 g/mol. The Bertz CT molecular complexity index is 555. The number of carbonyl (C=O) groups is 1. The lowest BCUT2D eigenvalue weighted by Crippen LogP contribution is -2.40. The number of aromatic nitrogens is 2. The van der Waals surface area contributed by atoms with Crippen molar-refractivity contribution in [1.82, 2.24) is 9.97 Å². The maximum Gasteiger partial charge on any atom is 0.231 e. The van der Waals surface area contributed by atoms with Gasteiger partial charge in [0.1, 0.15) is 5.69 Å². The number of anilines is 3. The first-order chi connectivity index (χ1) is 10.6. The van der Waals surface area contributed by atoms with Crippen LogP contribution in [0.4, 0.5) is 17.5 Å². The van der Waals surface area contributed by atoms with Crippen LogP contribution in [0.15, 0.2) is 6.20 Å². The first-order valence-corrected chi connectivity index (χ1v) is 8.28. The van der Waals surface area contributed by atoms with E-state index in [-0.39, 0.29) is 17.8 Å².